The highest BCUT2D eigenvalue weighted by Crippen LogP contribution is 1.91. The van der Waals surface area contributed by atoms with E-state index in [0.717, 1.165) is 11.1 Å². The summed E-state index contributed by atoms with van der Waals surface area (Å²) in [4.78, 5) is 0. The van der Waals surface area contributed by atoms with Crippen LogP contribution in [0.3, 0.4) is 0 Å². The van der Waals surface area contributed by atoms with Gasteiger partial charge in [-0.05, 0) is 6.92 Å². The maximum absolute atomic E-state index is 5.21. The average molecular weight is 115 g/mol. The lowest BCUT2D eigenvalue weighted by Gasteiger charge is -2.11. The van der Waals surface area contributed by atoms with E-state index in [4.69, 9.17) is 5.84 Å². The van der Waals surface area contributed by atoms with Crippen molar-refractivity contribution in [2.45, 2.75) is 6.92 Å². The Bertz CT molecular complexity index is 119. The number of nitrogens with two attached hydrogens (primary N) is 1. The molecule has 3 N–H and O–H groups in total. The van der Waals surface area contributed by atoms with E-state index in [1.54, 1.807) is 5.01 Å². The lowest BCUT2D eigenvalue weighted by Crippen LogP contribution is -2.43. The van der Waals surface area contributed by atoms with E-state index in [9.17, 15) is 0 Å². The molecule has 46 valence electrons. The Morgan fingerprint density at radius 1 is 1.75 bits per heavy atom. The number of hydrazine groups is 3. The van der Waals surface area contributed by atoms with Crippen LogP contribution in [0.15, 0.2) is 5.10 Å². The largest absolute Gasteiger partial charge is 0.277 e. The molecule has 1 aliphatic rings. The third-order valence-electron chi connectivity index (χ3n) is 0.990. The van der Waals surface area contributed by atoms with Crippen LogP contribution in [0, 0.1) is 0 Å². The van der Waals surface area contributed by atoms with Crippen molar-refractivity contribution in [2.75, 3.05) is 7.05 Å². The molecule has 1 aliphatic heterocycles. The molecule has 0 aromatic carbocycles. The maximum atomic E-state index is 5.21. The maximum Gasteiger partial charge on any atom is 0.140 e. The molecule has 0 atom stereocenters. The zero-order valence-corrected chi connectivity index (χ0v) is 4.92. The summed E-state index contributed by atoms with van der Waals surface area (Å²) in [6.07, 6.45) is 0. The fraction of sp³-hybridized carbons (Fsp3) is 0.667. The summed E-state index contributed by atoms with van der Waals surface area (Å²) in [5.41, 5.74) is 2.71. The van der Waals surface area contributed by atoms with E-state index >= 15 is 0 Å². The van der Waals surface area contributed by atoms with Gasteiger partial charge in [0.15, 0.2) is 0 Å². The van der Waals surface area contributed by atoms with Crippen LogP contribution in [-0.2, 0) is 0 Å². The van der Waals surface area contributed by atoms with E-state index in [0.29, 0.717) is 0 Å². The molecule has 0 saturated carbocycles. The summed E-state index contributed by atoms with van der Waals surface area (Å²) in [6, 6.07) is 0. The van der Waals surface area contributed by atoms with Gasteiger partial charge in [-0.15, -0.1) is 15.9 Å². The first-order chi connectivity index (χ1) is 3.70. The van der Waals surface area contributed by atoms with Gasteiger partial charge in [-0.3, -0.25) is 5.01 Å². The first kappa shape index (κ1) is 5.33. The zero-order valence-electron chi connectivity index (χ0n) is 4.92. The van der Waals surface area contributed by atoms with Crippen molar-refractivity contribution in [1.82, 2.24) is 15.8 Å². The molecule has 0 radical (unpaired) electrons. The fourth-order valence-electron chi connectivity index (χ4n) is 0.471. The van der Waals surface area contributed by atoms with Gasteiger partial charge in [-0.2, -0.15) is 0 Å². The molecule has 5 nitrogen and oxygen atoms in total. The summed E-state index contributed by atoms with van der Waals surface area (Å²) in [7, 11) is 1.84. The van der Waals surface area contributed by atoms with Crippen molar-refractivity contribution in [1.29, 1.82) is 0 Å². The predicted molar refractivity (Wildman–Crippen MR) is 30.0 cm³/mol. The van der Waals surface area contributed by atoms with Crippen molar-refractivity contribution < 1.29 is 0 Å². The second-order valence-corrected chi connectivity index (χ2v) is 1.65. The van der Waals surface area contributed by atoms with E-state index in [1.165, 1.54) is 0 Å². The van der Waals surface area contributed by atoms with E-state index in [2.05, 4.69) is 10.6 Å². The number of hydrogen-bond donors (Lipinski definition) is 2. The van der Waals surface area contributed by atoms with E-state index in [1.807, 2.05) is 14.0 Å². The van der Waals surface area contributed by atoms with Crippen molar-refractivity contribution >= 4 is 5.84 Å². The van der Waals surface area contributed by atoms with Gasteiger partial charge < -0.3 is 0 Å². The zero-order chi connectivity index (χ0) is 6.15. The minimum Gasteiger partial charge on any atom is -0.277 e. The smallest absolute Gasteiger partial charge is 0.140 e. The van der Waals surface area contributed by atoms with Gasteiger partial charge in [0, 0.05) is 7.05 Å². The number of hydrogen-bond acceptors (Lipinski definition) is 5. The molecule has 1 rings (SSSR count). The van der Waals surface area contributed by atoms with Crippen molar-refractivity contribution in [3.63, 3.8) is 0 Å². The average Bonchev–Trinajstić information content (AvgIpc) is 1.85. The van der Waals surface area contributed by atoms with Gasteiger partial charge in [-0.25, -0.2) is 5.84 Å². The first-order valence-corrected chi connectivity index (χ1v) is 2.30. The predicted octanol–water partition coefficient (Wildman–Crippen LogP) is -1.14. The monoisotopic (exact) mass is 115 g/mol. The lowest BCUT2D eigenvalue weighted by atomic mass is 10.7. The molecular weight excluding hydrogens is 106 g/mol. The highest BCUT2D eigenvalue weighted by atomic mass is 16.0. The Labute approximate surface area is 47.6 Å². The normalized spacial score (nSPS) is 19.6. The third-order valence-corrected chi connectivity index (χ3v) is 0.990. The quantitative estimate of drug-likeness (QED) is 0.392. The Hall–Kier alpha value is -0.810. The minimum absolute atomic E-state index is 0.854. The second kappa shape index (κ2) is 1.61. The van der Waals surface area contributed by atoms with Crippen LogP contribution in [0.1, 0.15) is 6.92 Å². The lowest BCUT2D eigenvalue weighted by molar-refractivity contribution is 0.133. The molecule has 0 fully saturated rings. The Morgan fingerprint density at radius 3 is 2.50 bits per heavy atom. The molecule has 5 heteroatoms. The molecular formula is C3H9N5. The molecule has 0 spiro atoms. The van der Waals surface area contributed by atoms with Gasteiger partial charge in [0.05, 0.1) is 0 Å². The topological polar surface area (TPSA) is 56.9 Å². The molecule has 8 heavy (non-hydrogen) atoms. The Morgan fingerprint density at radius 2 is 2.38 bits per heavy atom. The summed E-state index contributed by atoms with van der Waals surface area (Å²) in [6.45, 7) is 1.86. The minimum atomic E-state index is 0.854. The molecule has 0 unspecified atom stereocenters. The Kier molecular flexibility index (Phi) is 1.07. The molecule has 0 aromatic rings. The van der Waals surface area contributed by atoms with Crippen LogP contribution in [0.5, 0.6) is 0 Å². The SMILES string of the molecule is CC1=NN(N)NN1C. The number of hydrazone groups is 1. The molecule has 0 amide bonds. The van der Waals surface area contributed by atoms with Crippen LogP contribution in [0.25, 0.3) is 0 Å². The van der Waals surface area contributed by atoms with Crippen LogP contribution in [0.2, 0.25) is 0 Å². The van der Waals surface area contributed by atoms with Gasteiger partial charge in [0.1, 0.15) is 5.84 Å². The van der Waals surface area contributed by atoms with Gasteiger partial charge in [0.2, 0.25) is 0 Å². The molecule has 0 aromatic heterocycles. The van der Waals surface area contributed by atoms with Gasteiger partial charge >= 0.3 is 0 Å². The number of nitrogens with zero attached hydrogens (tertiary/aromatic N) is 3. The summed E-state index contributed by atoms with van der Waals surface area (Å²) in [5.74, 6) is 6.06. The summed E-state index contributed by atoms with van der Waals surface area (Å²) >= 11 is 0. The molecule has 1 heterocycles. The standard InChI is InChI=1S/C3H9N5/c1-3-5-8(4)6-7(3)2/h6H,4H2,1-2H3. The van der Waals surface area contributed by atoms with Gasteiger partial charge in [0.25, 0.3) is 0 Å². The number of rotatable bonds is 0. The van der Waals surface area contributed by atoms with Crippen LogP contribution in [0.4, 0.5) is 0 Å². The first-order valence-electron chi connectivity index (χ1n) is 2.30. The molecule has 0 saturated heterocycles. The fourth-order valence-corrected chi connectivity index (χ4v) is 0.471. The third kappa shape index (κ3) is 0.728. The molecule has 0 bridgehead atoms. The second-order valence-electron chi connectivity index (χ2n) is 1.65. The van der Waals surface area contributed by atoms with E-state index in [-0.39, 0.29) is 0 Å². The summed E-state index contributed by atoms with van der Waals surface area (Å²) < 4.78 is 0. The highest BCUT2D eigenvalue weighted by molar-refractivity contribution is 5.79. The number of amidine groups is 1. The van der Waals surface area contributed by atoms with Crippen molar-refractivity contribution in [2.24, 2.45) is 10.9 Å². The van der Waals surface area contributed by atoms with Crippen LogP contribution < -0.4 is 11.4 Å². The van der Waals surface area contributed by atoms with Gasteiger partial charge in [-0.1, -0.05) is 0 Å². The van der Waals surface area contributed by atoms with E-state index < -0.39 is 0 Å². The molecule has 0 aliphatic carbocycles. The Balaban J connectivity index is 2.59. The summed E-state index contributed by atoms with van der Waals surface area (Å²) in [5, 5.41) is 6.70. The van der Waals surface area contributed by atoms with Crippen LogP contribution in [-0.4, -0.2) is 23.1 Å². The highest BCUT2D eigenvalue weighted by Gasteiger charge is 2.09. The van der Waals surface area contributed by atoms with Crippen LogP contribution >= 0.6 is 0 Å². The number of nitrogens with one attached hydrogen (secondary N) is 1. The van der Waals surface area contributed by atoms with Crippen molar-refractivity contribution in [3.8, 4) is 0 Å². The van der Waals surface area contributed by atoms with Crippen molar-refractivity contribution in [3.05, 3.63) is 0 Å².